The molecule has 4 fully saturated rings. The summed E-state index contributed by atoms with van der Waals surface area (Å²) in [7, 11) is 0. The summed E-state index contributed by atoms with van der Waals surface area (Å²) < 4.78 is 0. The quantitative estimate of drug-likeness (QED) is 0.838. The highest BCUT2D eigenvalue weighted by Crippen LogP contribution is 2.41. The lowest BCUT2D eigenvalue weighted by Crippen LogP contribution is -2.44. The molecule has 0 spiro atoms. The number of fused-ring (bicyclic) bond motifs is 4. The van der Waals surface area contributed by atoms with E-state index < -0.39 is 0 Å². The number of hydrogen-bond acceptors (Lipinski definition) is 4. The zero-order valence-electron chi connectivity index (χ0n) is 14.0. The SMILES string of the molecule is O=C1CC2CCC(C1)N2c1ccc(N2C3CCC2CC(=O)C3)cc1. The molecule has 126 valence electrons. The highest BCUT2D eigenvalue weighted by molar-refractivity contribution is 5.84. The van der Waals surface area contributed by atoms with Crippen molar-refractivity contribution in [2.45, 2.75) is 75.5 Å². The average Bonchev–Trinajstić information content (AvgIpc) is 2.99. The number of carbonyl (C=O) groups excluding carboxylic acids is 2. The molecular formula is C20H24N2O2. The van der Waals surface area contributed by atoms with E-state index >= 15 is 0 Å². The minimum Gasteiger partial charge on any atom is -0.365 e. The van der Waals surface area contributed by atoms with E-state index in [0.717, 1.165) is 51.4 Å². The van der Waals surface area contributed by atoms with E-state index in [4.69, 9.17) is 0 Å². The molecule has 0 radical (unpaired) electrons. The number of ketones is 2. The molecule has 0 amide bonds. The van der Waals surface area contributed by atoms with Crippen LogP contribution in [-0.4, -0.2) is 35.7 Å². The van der Waals surface area contributed by atoms with Gasteiger partial charge in [0, 0.05) is 61.2 Å². The zero-order valence-corrected chi connectivity index (χ0v) is 14.0. The average molecular weight is 324 g/mol. The van der Waals surface area contributed by atoms with Gasteiger partial charge in [-0.15, -0.1) is 0 Å². The smallest absolute Gasteiger partial charge is 0.137 e. The second-order valence-electron chi connectivity index (χ2n) is 7.99. The highest BCUT2D eigenvalue weighted by atomic mass is 16.1. The zero-order chi connectivity index (χ0) is 16.3. The lowest BCUT2D eigenvalue weighted by Gasteiger charge is -2.38. The van der Waals surface area contributed by atoms with Gasteiger partial charge in [0.25, 0.3) is 0 Å². The Bertz CT molecular complexity index is 592. The van der Waals surface area contributed by atoms with E-state index in [1.54, 1.807) is 0 Å². The first-order valence-electron chi connectivity index (χ1n) is 9.39. The molecule has 4 nitrogen and oxygen atoms in total. The first-order valence-corrected chi connectivity index (χ1v) is 9.39. The number of hydrogen-bond donors (Lipinski definition) is 0. The number of rotatable bonds is 2. The first-order chi connectivity index (χ1) is 11.7. The van der Waals surface area contributed by atoms with Gasteiger partial charge >= 0.3 is 0 Å². The van der Waals surface area contributed by atoms with Crippen molar-refractivity contribution in [2.75, 3.05) is 9.80 Å². The van der Waals surface area contributed by atoms with Crippen LogP contribution in [0.4, 0.5) is 11.4 Å². The minimum absolute atomic E-state index is 0.408. The van der Waals surface area contributed by atoms with Gasteiger partial charge < -0.3 is 9.80 Å². The third-order valence-corrected chi connectivity index (χ3v) is 6.54. The monoisotopic (exact) mass is 324 g/mol. The van der Waals surface area contributed by atoms with E-state index in [1.807, 2.05) is 0 Å². The summed E-state index contributed by atoms with van der Waals surface area (Å²) in [5, 5.41) is 0. The molecule has 4 heteroatoms. The molecule has 4 aliphatic rings. The molecule has 0 aliphatic carbocycles. The Morgan fingerprint density at radius 1 is 0.583 bits per heavy atom. The molecule has 4 atom stereocenters. The number of anilines is 2. The Labute approximate surface area is 142 Å². The van der Waals surface area contributed by atoms with Crippen LogP contribution in [0, 0.1) is 0 Å². The Balaban J connectivity index is 1.39. The van der Waals surface area contributed by atoms with Crippen molar-refractivity contribution in [2.24, 2.45) is 0 Å². The van der Waals surface area contributed by atoms with E-state index in [1.165, 1.54) is 11.4 Å². The van der Waals surface area contributed by atoms with Crippen molar-refractivity contribution in [3.8, 4) is 0 Å². The summed E-state index contributed by atoms with van der Waals surface area (Å²) in [6.07, 6.45) is 7.47. The van der Waals surface area contributed by atoms with Crippen LogP contribution in [0.15, 0.2) is 24.3 Å². The summed E-state index contributed by atoms with van der Waals surface area (Å²) in [4.78, 5) is 28.6. The second-order valence-corrected chi connectivity index (χ2v) is 7.99. The molecule has 4 heterocycles. The fourth-order valence-electron chi connectivity index (χ4n) is 5.58. The van der Waals surface area contributed by atoms with E-state index in [2.05, 4.69) is 34.1 Å². The Kier molecular flexibility index (Phi) is 3.22. The summed E-state index contributed by atoms with van der Waals surface area (Å²) in [6, 6.07) is 10.5. The topological polar surface area (TPSA) is 40.6 Å². The predicted molar refractivity (Wildman–Crippen MR) is 93.5 cm³/mol. The van der Waals surface area contributed by atoms with Crippen molar-refractivity contribution in [1.29, 1.82) is 0 Å². The van der Waals surface area contributed by atoms with Gasteiger partial charge in [-0.3, -0.25) is 9.59 Å². The number of Topliss-reactive ketones (excluding diaryl/α,β-unsaturated/α-hetero) is 2. The summed E-state index contributed by atoms with van der Waals surface area (Å²) in [6.45, 7) is 0. The maximum atomic E-state index is 11.8. The van der Waals surface area contributed by atoms with Gasteiger partial charge in [0.05, 0.1) is 0 Å². The van der Waals surface area contributed by atoms with E-state index in [0.29, 0.717) is 35.7 Å². The lowest BCUT2D eigenvalue weighted by molar-refractivity contribution is -0.121. The molecule has 0 N–H and O–H groups in total. The Morgan fingerprint density at radius 2 is 0.875 bits per heavy atom. The molecule has 1 aromatic rings. The molecule has 5 rings (SSSR count). The van der Waals surface area contributed by atoms with Crippen molar-refractivity contribution in [3.63, 3.8) is 0 Å². The number of benzene rings is 1. The van der Waals surface area contributed by atoms with Crippen LogP contribution in [0.3, 0.4) is 0 Å². The molecule has 24 heavy (non-hydrogen) atoms. The van der Waals surface area contributed by atoms with E-state index in [-0.39, 0.29) is 0 Å². The fourth-order valence-corrected chi connectivity index (χ4v) is 5.58. The third-order valence-electron chi connectivity index (χ3n) is 6.54. The summed E-state index contributed by atoms with van der Waals surface area (Å²) >= 11 is 0. The lowest BCUT2D eigenvalue weighted by atomic mass is 9.99. The van der Waals surface area contributed by atoms with Gasteiger partial charge in [0.1, 0.15) is 11.6 Å². The van der Waals surface area contributed by atoms with Crippen LogP contribution in [0.2, 0.25) is 0 Å². The van der Waals surface area contributed by atoms with Gasteiger partial charge in [-0.25, -0.2) is 0 Å². The van der Waals surface area contributed by atoms with Crippen LogP contribution in [-0.2, 0) is 9.59 Å². The van der Waals surface area contributed by atoms with Gasteiger partial charge in [0.15, 0.2) is 0 Å². The molecule has 0 aromatic heterocycles. The molecule has 4 unspecified atom stereocenters. The van der Waals surface area contributed by atoms with Crippen LogP contribution >= 0.6 is 0 Å². The van der Waals surface area contributed by atoms with Gasteiger partial charge in [-0.05, 0) is 49.9 Å². The van der Waals surface area contributed by atoms with Crippen molar-refractivity contribution >= 4 is 22.9 Å². The van der Waals surface area contributed by atoms with Crippen molar-refractivity contribution in [1.82, 2.24) is 0 Å². The van der Waals surface area contributed by atoms with Crippen LogP contribution in [0.25, 0.3) is 0 Å². The Morgan fingerprint density at radius 3 is 1.17 bits per heavy atom. The largest absolute Gasteiger partial charge is 0.365 e. The normalized spacial score (nSPS) is 35.0. The summed E-state index contributed by atoms with van der Waals surface area (Å²) in [5.74, 6) is 0.870. The molecule has 4 saturated heterocycles. The second kappa shape index (κ2) is 5.33. The number of piperidine rings is 2. The predicted octanol–water partition coefficient (Wildman–Crippen LogP) is 3.09. The molecular weight excluding hydrogens is 300 g/mol. The number of nitrogens with zero attached hydrogens (tertiary/aromatic N) is 2. The maximum absolute atomic E-state index is 11.8. The van der Waals surface area contributed by atoms with E-state index in [9.17, 15) is 9.59 Å². The molecule has 0 saturated carbocycles. The Hall–Kier alpha value is -1.84. The van der Waals surface area contributed by atoms with Crippen molar-refractivity contribution in [3.05, 3.63) is 24.3 Å². The minimum atomic E-state index is 0.408. The van der Waals surface area contributed by atoms with Crippen molar-refractivity contribution < 1.29 is 9.59 Å². The number of carbonyl (C=O) groups is 2. The van der Waals surface area contributed by atoms with Gasteiger partial charge in [0.2, 0.25) is 0 Å². The van der Waals surface area contributed by atoms with Crippen LogP contribution in [0.1, 0.15) is 51.4 Å². The summed E-state index contributed by atoms with van der Waals surface area (Å²) in [5.41, 5.74) is 2.53. The molecule has 4 aliphatic heterocycles. The third kappa shape index (κ3) is 2.19. The van der Waals surface area contributed by atoms with Gasteiger partial charge in [-0.1, -0.05) is 0 Å². The molecule has 1 aromatic carbocycles. The van der Waals surface area contributed by atoms with Crippen LogP contribution < -0.4 is 9.80 Å². The molecule has 4 bridgehead atoms. The maximum Gasteiger partial charge on any atom is 0.137 e. The first kappa shape index (κ1) is 14.5. The fraction of sp³-hybridized carbons (Fsp3) is 0.600. The van der Waals surface area contributed by atoms with Crippen LogP contribution in [0.5, 0.6) is 0 Å². The highest BCUT2D eigenvalue weighted by Gasteiger charge is 2.41. The standard InChI is InChI=1S/C20H24N2O2/c23-19-9-15-5-6-16(10-19)21(15)13-1-2-14(4-3-13)22-17-7-8-18(22)12-20(24)11-17/h1-4,15-18H,5-12H2. The van der Waals surface area contributed by atoms with Gasteiger partial charge in [-0.2, -0.15) is 0 Å².